The summed E-state index contributed by atoms with van der Waals surface area (Å²) in [6.45, 7) is 4.35. The van der Waals surface area contributed by atoms with E-state index in [0.29, 0.717) is 11.8 Å². The van der Waals surface area contributed by atoms with E-state index in [4.69, 9.17) is 9.47 Å². The van der Waals surface area contributed by atoms with Gasteiger partial charge in [0.1, 0.15) is 18.1 Å². The fourth-order valence-electron chi connectivity index (χ4n) is 2.63. The maximum atomic E-state index is 13.0. The lowest BCUT2D eigenvalue weighted by Crippen LogP contribution is -2.25. The molecule has 3 rings (SSSR count). The van der Waals surface area contributed by atoms with Crippen LogP contribution in [0.25, 0.3) is 0 Å². The number of aromatic nitrogens is 1. The Bertz CT molecular complexity index is 992. The van der Waals surface area contributed by atoms with Gasteiger partial charge in [-0.05, 0) is 23.3 Å². The molecule has 0 fully saturated rings. The molecule has 1 heterocycles. The first kappa shape index (κ1) is 23.5. The predicted octanol–water partition coefficient (Wildman–Crippen LogP) is 4.58. The van der Waals surface area contributed by atoms with Gasteiger partial charge in [0.2, 0.25) is 0 Å². The molecular formula is C24H25FN2O4. The molecule has 0 aliphatic rings. The molecule has 1 N–H and O–H groups in total. The number of aldehydes is 1. The minimum Gasteiger partial charge on any atom is -0.493 e. The third-order valence-electron chi connectivity index (χ3n) is 4.11. The largest absolute Gasteiger partial charge is 0.493 e. The first-order valence-electron chi connectivity index (χ1n) is 9.84. The minimum atomic E-state index is -0.542. The van der Waals surface area contributed by atoms with Gasteiger partial charge in [-0.25, -0.2) is 9.37 Å². The van der Waals surface area contributed by atoms with Crippen molar-refractivity contribution in [3.05, 3.63) is 89.0 Å². The lowest BCUT2D eigenvalue weighted by atomic mass is 10.2. The van der Waals surface area contributed by atoms with Crippen LogP contribution >= 0.6 is 0 Å². The lowest BCUT2D eigenvalue weighted by molar-refractivity contribution is 0.0939. The summed E-state index contributed by atoms with van der Waals surface area (Å²) in [4.78, 5) is 28.1. The number of benzene rings is 2. The molecule has 1 amide bonds. The van der Waals surface area contributed by atoms with Crippen molar-refractivity contribution in [2.75, 3.05) is 7.11 Å². The molecule has 0 aliphatic carbocycles. The van der Waals surface area contributed by atoms with Gasteiger partial charge in [-0.1, -0.05) is 56.3 Å². The van der Waals surface area contributed by atoms with E-state index in [1.54, 1.807) is 12.1 Å². The van der Waals surface area contributed by atoms with Crippen molar-refractivity contribution in [1.29, 1.82) is 0 Å². The van der Waals surface area contributed by atoms with Crippen LogP contribution in [0.4, 0.5) is 4.39 Å². The van der Waals surface area contributed by atoms with Gasteiger partial charge in [-0.2, -0.15) is 0 Å². The summed E-state index contributed by atoms with van der Waals surface area (Å²) in [5, 5.41) is 2.70. The Morgan fingerprint density at radius 1 is 1.06 bits per heavy atom. The summed E-state index contributed by atoms with van der Waals surface area (Å²) in [5.41, 5.74) is 1.59. The van der Waals surface area contributed by atoms with Crippen LogP contribution in [-0.4, -0.2) is 24.3 Å². The van der Waals surface area contributed by atoms with Crippen LogP contribution in [0.2, 0.25) is 0 Å². The van der Waals surface area contributed by atoms with Crippen molar-refractivity contribution >= 4 is 12.2 Å². The van der Waals surface area contributed by atoms with Gasteiger partial charge in [0, 0.05) is 12.6 Å². The van der Waals surface area contributed by atoms with E-state index < -0.39 is 5.91 Å². The van der Waals surface area contributed by atoms with E-state index in [-0.39, 0.29) is 41.9 Å². The second kappa shape index (κ2) is 12.1. The molecule has 0 radical (unpaired) electrons. The van der Waals surface area contributed by atoms with E-state index in [9.17, 15) is 14.0 Å². The van der Waals surface area contributed by atoms with Gasteiger partial charge in [0.15, 0.2) is 23.5 Å². The van der Waals surface area contributed by atoms with Crippen molar-refractivity contribution in [3.8, 4) is 11.5 Å². The quantitative estimate of drug-likeness (QED) is 0.536. The van der Waals surface area contributed by atoms with Gasteiger partial charge in [-0.3, -0.25) is 9.59 Å². The van der Waals surface area contributed by atoms with E-state index in [0.717, 1.165) is 5.56 Å². The van der Waals surface area contributed by atoms with E-state index in [1.807, 2.05) is 44.2 Å². The maximum Gasteiger partial charge on any atom is 0.274 e. The average Bonchev–Trinajstić information content (AvgIpc) is 2.83. The summed E-state index contributed by atoms with van der Waals surface area (Å²) >= 11 is 0. The zero-order valence-corrected chi connectivity index (χ0v) is 17.7. The smallest absolute Gasteiger partial charge is 0.274 e. The number of rotatable bonds is 8. The molecule has 0 saturated carbocycles. The van der Waals surface area contributed by atoms with Crippen LogP contribution < -0.4 is 14.8 Å². The van der Waals surface area contributed by atoms with Gasteiger partial charge in [-0.15, -0.1) is 0 Å². The van der Waals surface area contributed by atoms with Crippen LogP contribution in [0.15, 0.2) is 60.7 Å². The number of hydrogen-bond donors (Lipinski definition) is 1. The fourth-order valence-corrected chi connectivity index (χ4v) is 2.63. The van der Waals surface area contributed by atoms with Gasteiger partial charge < -0.3 is 14.8 Å². The molecule has 6 nitrogen and oxygen atoms in total. The second-order valence-corrected chi connectivity index (χ2v) is 6.13. The zero-order chi connectivity index (χ0) is 22.6. The number of amides is 1. The second-order valence-electron chi connectivity index (χ2n) is 6.13. The van der Waals surface area contributed by atoms with Crippen molar-refractivity contribution in [2.45, 2.75) is 27.0 Å². The summed E-state index contributed by atoms with van der Waals surface area (Å²) in [6, 6.07) is 16.6. The number of pyridine rings is 1. The topological polar surface area (TPSA) is 77.5 Å². The van der Waals surface area contributed by atoms with Crippen LogP contribution in [0, 0.1) is 5.82 Å². The Morgan fingerprint density at radius 2 is 1.74 bits per heavy atom. The van der Waals surface area contributed by atoms with Crippen molar-refractivity contribution in [1.82, 2.24) is 10.3 Å². The number of carbonyl (C=O) groups excluding carboxylic acids is 2. The Balaban J connectivity index is 0.00000166. The number of halogens is 1. The third-order valence-corrected chi connectivity index (χ3v) is 4.11. The monoisotopic (exact) mass is 424 g/mol. The molecule has 0 spiro atoms. The third kappa shape index (κ3) is 6.64. The van der Waals surface area contributed by atoms with Gasteiger partial charge >= 0.3 is 0 Å². The van der Waals surface area contributed by atoms with Crippen molar-refractivity contribution in [3.63, 3.8) is 0 Å². The molecule has 3 aromatic rings. The lowest BCUT2D eigenvalue weighted by Gasteiger charge is -2.15. The first-order chi connectivity index (χ1) is 15.1. The Labute approximate surface area is 181 Å². The SMILES string of the molecule is CC.COc1cc(C=O)nc(C(=O)NCc2ccc(F)cc2)c1OCc1ccccc1. The highest BCUT2D eigenvalue weighted by Crippen LogP contribution is 2.31. The molecule has 2 aromatic carbocycles. The highest BCUT2D eigenvalue weighted by atomic mass is 19.1. The maximum absolute atomic E-state index is 13.0. The minimum absolute atomic E-state index is 0.0424. The molecular weight excluding hydrogens is 399 g/mol. The Morgan fingerprint density at radius 3 is 2.35 bits per heavy atom. The molecule has 162 valence electrons. The number of methoxy groups -OCH3 is 1. The van der Waals surface area contributed by atoms with Crippen molar-refractivity contribution in [2.24, 2.45) is 0 Å². The summed E-state index contributed by atoms with van der Waals surface area (Å²) in [6.07, 6.45) is 0.528. The van der Waals surface area contributed by atoms with Crippen molar-refractivity contribution < 1.29 is 23.5 Å². The van der Waals surface area contributed by atoms with Crippen LogP contribution in [0.1, 0.15) is 46.0 Å². The molecule has 0 aliphatic heterocycles. The normalized spacial score (nSPS) is 9.81. The van der Waals surface area contributed by atoms with E-state index >= 15 is 0 Å². The Hall–Kier alpha value is -3.74. The number of nitrogens with one attached hydrogen (secondary N) is 1. The molecule has 1 aromatic heterocycles. The first-order valence-corrected chi connectivity index (χ1v) is 9.84. The summed E-state index contributed by atoms with van der Waals surface area (Å²) in [7, 11) is 1.42. The predicted molar refractivity (Wildman–Crippen MR) is 116 cm³/mol. The van der Waals surface area contributed by atoms with E-state index in [1.165, 1.54) is 25.3 Å². The summed E-state index contributed by atoms with van der Waals surface area (Å²) < 4.78 is 24.2. The van der Waals surface area contributed by atoms with Gasteiger partial charge in [0.05, 0.1) is 7.11 Å². The molecule has 0 bridgehead atoms. The number of ether oxygens (including phenoxy) is 2. The van der Waals surface area contributed by atoms with Crippen LogP contribution in [0.3, 0.4) is 0 Å². The van der Waals surface area contributed by atoms with Gasteiger partial charge in [0.25, 0.3) is 5.91 Å². The fraction of sp³-hybridized carbons (Fsp3) is 0.208. The highest BCUT2D eigenvalue weighted by Gasteiger charge is 2.21. The molecule has 31 heavy (non-hydrogen) atoms. The number of hydrogen-bond acceptors (Lipinski definition) is 5. The van der Waals surface area contributed by atoms with Crippen LogP contribution in [-0.2, 0) is 13.2 Å². The Kier molecular flexibility index (Phi) is 9.16. The number of nitrogens with zero attached hydrogens (tertiary/aromatic N) is 1. The standard InChI is InChI=1S/C22H19FN2O4.C2H6/c1-28-19-11-18(13-26)25-20(21(19)29-14-16-5-3-2-4-6-16)22(27)24-12-15-7-9-17(23)10-8-15;1-2/h2-11,13H,12,14H2,1H3,(H,24,27);1-2H3. The van der Waals surface area contributed by atoms with E-state index in [2.05, 4.69) is 10.3 Å². The summed E-state index contributed by atoms with van der Waals surface area (Å²) in [5.74, 6) is -0.537. The average molecular weight is 424 g/mol. The zero-order valence-electron chi connectivity index (χ0n) is 17.7. The van der Waals surface area contributed by atoms with Crippen LogP contribution in [0.5, 0.6) is 11.5 Å². The molecule has 0 unspecified atom stereocenters. The number of carbonyl (C=O) groups is 2. The molecule has 0 saturated heterocycles. The highest BCUT2D eigenvalue weighted by molar-refractivity contribution is 5.96. The molecule has 7 heteroatoms. The molecule has 0 atom stereocenters.